The molecule has 3 fully saturated rings. The fourth-order valence-corrected chi connectivity index (χ4v) is 8.84. The highest BCUT2D eigenvalue weighted by Gasteiger charge is 2.70. The summed E-state index contributed by atoms with van der Waals surface area (Å²) in [6.45, 7) is 0. The number of aromatic hydroxyl groups is 1. The van der Waals surface area contributed by atoms with E-state index in [-0.39, 0.29) is 35.7 Å². The van der Waals surface area contributed by atoms with Crippen LogP contribution in [0.5, 0.6) is 5.75 Å². The van der Waals surface area contributed by atoms with E-state index in [1.807, 2.05) is 6.08 Å². The molecule has 4 aromatic carbocycles. The summed E-state index contributed by atoms with van der Waals surface area (Å²) in [6, 6.07) is 23.5. The molecule has 11 nitrogen and oxygen atoms in total. The van der Waals surface area contributed by atoms with Gasteiger partial charge in [0, 0.05) is 28.6 Å². The first-order valence-electron chi connectivity index (χ1n) is 16.3. The van der Waals surface area contributed by atoms with Crippen LogP contribution in [0.3, 0.4) is 0 Å². The fourth-order valence-electron chi connectivity index (χ4n) is 8.71. The minimum Gasteiger partial charge on any atom is -0.508 e. The maximum absolute atomic E-state index is 15.1. The van der Waals surface area contributed by atoms with E-state index in [1.165, 1.54) is 54.6 Å². The van der Waals surface area contributed by atoms with Crippen LogP contribution >= 0.6 is 11.6 Å². The first-order valence-corrected chi connectivity index (χ1v) is 16.7. The van der Waals surface area contributed by atoms with Crippen LogP contribution in [0.2, 0.25) is 5.02 Å². The lowest BCUT2D eigenvalue weighted by Gasteiger charge is -2.50. The minimum atomic E-state index is -1.63. The first kappa shape index (κ1) is 32.3. The summed E-state index contributed by atoms with van der Waals surface area (Å²) in [7, 11) is 0. The third-order valence-corrected chi connectivity index (χ3v) is 11.1. The number of nitrogens with one attached hydrogen (secondary N) is 1. The molecule has 2 N–H and O–H groups in total. The number of allylic oxidation sites excluding steroid dienone is 2. The summed E-state index contributed by atoms with van der Waals surface area (Å²) in [6.07, 6.45) is 2.02. The van der Waals surface area contributed by atoms with E-state index in [0.29, 0.717) is 21.7 Å². The van der Waals surface area contributed by atoms with Gasteiger partial charge in [-0.25, -0.2) is 4.39 Å². The number of nitro benzene ring substituents is 1. The molecule has 4 amide bonds. The van der Waals surface area contributed by atoms with Crippen molar-refractivity contribution < 1.29 is 33.6 Å². The Labute approximate surface area is 295 Å². The summed E-state index contributed by atoms with van der Waals surface area (Å²) in [5.74, 6) is -7.23. The Morgan fingerprint density at radius 2 is 1.55 bits per heavy atom. The highest BCUT2D eigenvalue weighted by atomic mass is 35.5. The molecule has 13 heteroatoms. The van der Waals surface area contributed by atoms with Crippen molar-refractivity contribution in [3.05, 3.63) is 141 Å². The van der Waals surface area contributed by atoms with Crippen molar-refractivity contribution in [1.82, 2.24) is 5.01 Å². The van der Waals surface area contributed by atoms with Crippen LogP contribution in [0.1, 0.15) is 29.9 Å². The number of hydrogen-bond donors (Lipinski definition) is 2. The number of hydrazine groups is 1. The average Bonchev–Trinajstić information content (AvgIpc) is 3.50. The number of carbonyl (C=O) groups excluding carboxylic acids is 4. The SMILES string of the molecule is O=C1[C@@H]2C[C@@H]3C(=CC[C@@H]4C(=O)N(c5ccc([N+](=O)[O-])cc5)C(=O)[C@@H]43)[C@H](c3ccccc3O)[C@]2(c2ccc(Cl)cc2)C(=O)N1Nc1ccc(F)cc1. The van der Waals surface area contributed by atoms with Crippen molar-refractivity contribution in [3.63, 3.8) is 0 Å². The zero-order chi connectivity index (χ0) is 35.8. The molecule has 0 bridgehead atoms. The average molecular weight is 707 g/mol. The summed E-state index contributed by atoms with van der Waals surface area (Å²) in [4.78, 5) is 69.8. The molecule has 2 aliphatic carbocycles. The number of non-ortho nitro benzene ring substituents is 1. The van der Waals surface area contributed by atoms with Crippen molar-refractivity contribution in [2.75, 3.05) is 10.3 Å². The van der Waals surface area contributed by atoms with Gasteiger partial charge in [-0.2, -0.15) is 5.01 Å². The van der Waals surface area contributed by atoms with Gasteiger partial charge in [0.05, 0.1) is 39.5 Å². The second-order valence-electron chi connectivity index (χ2n) is 13.2. The number of rotatable bonds is 6. The summed E-state index contributed by atoms with van der Waals surface area (Å²) < 4.78 is 13.8. The van der Waals surface area contributed by atoms with Gasteiger partial charge in [-0.15, -0.1) is 0 Å². The van der Waals surface area contributed by atoms with Crippen LogP contribution in [0.25, 0.3) is 0 Å². The molecule has 2 heterocycles. The number of halogens is 2. The van der Waals surface area contributed by atoms with Crippen molar-refractivity contribution in [2.45, 2.75) is 24.2 Å². The van der Waals surface area contributed by atoms with Gasteiger partial charge in [-0.05, 0) is 78.9 Å². The number of para-hydroxylation sites is 1. The molecule has 2 aliphatic heterocycles. The monoisotopic (exact) mass is 706 g/mol. The van der Waals surface area contributed by atoms with Crippen LogP contribution < -0.4 is 10.3 Å². The van der Waals surface area contributed by atoms with Crippen molar-refractivity contribution in [3.8, 4) is 5.75 Å². The normalized spacial score (nSPS) is 26.8. The predicted molar refractivity (Wildman–Crippen MR) is 183 cm³/mol. The lowest BCUT2D eigenvalue weighted by atomic mass is 9.49. The van der Waals surface area contributed by atoms with Gasteiger partial charge >= 0.3 is 0 Å². The third kappa shape index (κ3) is 4.77. The van der Waals surface area contributed by atoms with Crippen LogP contribution in [-0.4, -0.2) is 38.7 Å². The van der Waals surface area contributed by atoms with Gasteiger partial charge < -0.3 is 5.11 Å². The number of nitrogens with zero attached hydrogens (tertiary/aromatic N) is 3. The van der Waals surface area contributed by atoms with Crippen LogP contribution in [0.4, 0.5) is 21.5 Å². The van der Waals surface area contributed by atoms with Gasteiger partial charge in [0.25, 0.3) is 17.5 Å². The van der Waals surface area contributed by atoms with Gasteiger partial charge in [-0.3, -0.25) is 39.6 Å². The van der Waals surface area contributed by atoms with Crippen molar-refractivity contribution >= 4 is 52.3 Å². The first-order chi connectivity index (χ1) is 24.5. The molecule has 0 unspecified atom stereocenters. The zero-order valence-corrected chi connectivity index (χ0v) is 27.4. The summed E-state index contributed by atoms with van der Waals surface area (Å²) in [5.41, 5.74) is 3.00. The second kappa shape index (κ2) is 11.9. The number of benzene rings is 4. The Hall–Kier alpha value is -5.88. The largest absolute Gasteiger partial charge is 0.508 e. The van der Waals surface area contributed by atoms with Gasteiger partial charge in [0.2, 0.25) is 11.8 Å². The second-order valence-corrected chi connectivity index (χ2v) is 13.7. The maximum Gasteiger partial charge on any atom is 0.269 e. The Kier molecular flexibility index (Phi) is 7.53. The van der Waals surface area contributed by atoms with Crippen molar-refractivity contribution in [1.29, 1.82) is 0 Å². The van der Waals surface area contributed by atoms with Crippen LogP contribution in [-0.2, 0) is 24.6 Å². The molecular weight excluding hydrogens is 679 g/mol. The van der Waals surface area contributed by atoms with Gasteiger partial charge in [-0.1, -0.05) is 53.6 Å². The quantitative estimate of drug-likeness (QED) is 0.103. The molecule has 6 atom stereocenters. The third-order valence-electron chi connectivity index (χ3n) is 10.8. The summed E-state index contributed by atoms with van der Waals surface area (Å²) >= 11 is 6.31. The van der Waals surface area contributed by atoms with Gasteiger partial charge in [0.15, 0.2) is 0 Å². The number of imide groups is 2. The lowest BCUT2D eigenvalue weighted by molar-refractivity contribution is -0.384. The molecular formula is C38H28ClFN4O7. The number of phenols is 1. The molecule has 0 spiro atoms. The minimum absolute atomic E-state index is 0.0129. The van der Waals surface area contributed by atoms with E-state index in [1.54, 1.807) is 42.5 Å². The van der Waals surface area contributed by atoms with E-state index >= 15 is 4.79 Å². The molecule has 4 aliphatic rings. The Morgan fingerprint density at radius 1 is 0.863 bits per heavy atom. The number of carbonyl (C=O) groups is 4. The number of amides is 4. The number of phenolic OH excluding ortho intramolecular Hbond substituents is 1. The van der Waals surface area contributed by atoms with E-state index in [9.17, 15) is 34.0 Å². The molecule has 4 aromatic rings. The fraction of sp³-hybridized carbons (Fsp3) is 0.211. The van der Waals surface area contributed by atoms with Crippen LogP contribution in [0, 0.1) is 39.6 Å². The Morgan fingerprint density at radius 3 is 2.22 bits per heavy atom. The molecule has 51 heavy (non-hydrogen) atoms. The van der Waals surface area contributed by atoms with Crippen molar-refractivity contribution in [2.24, 2.45) is 23.7 Å². The predicted octanol–water partition coefficient (Wildman–Crippen LogP) is 6.28. The Balaban J connectivity index is 1.30. The molecule has 2 saturated heterocycles. The van der Waals surface area contributed by atoms with Gasteiger partial charge in [0.1, 0.15) is 11.6 Å². The zero-order valence-electron chi connectivity index (χ0n) is 26.6. The lowest BCUT2D eigenvalue weighted by Crippen LogP contribution is -2.53. The molecule has 8 rings (SSSR count). The Bertz CT molecular complexity index is 2180. The number of nitro groups is 1. The van der Waals surface area contributed by atoms with E-state index in [4.69, 9.17) is 11.6 Å². The molecule has 0 aromatic heterocycles. The molecule has 1 saturated carbocycles. The van der Waals surface area contributed by atoms with E-state index in [0.717, 1.165) is 9.91 Å². The van der Waals surface area contributed by atoms with E-state index in [2.05, 4.69) is 5.43 Å². The highest BCUT2D eigenvalue weighted by Crippen LogP contribution is 2.65. The number of anilines is 2. The number of hydrogen-bond acceptors (Lipinski definition) is 8. The smallest absolute Gasteiger partial charge is 0.269 e. The van der Waals surface area contributed by atoms with Crippen LogP contribution in [0.15, 0.2) is 109 Å². The maximum atomic E-state index is 15.1. The molecule has 256 valence electrons. The summed E-state index contributed by atoms with van der Waals surface area (Å²) in [5, 5.41) is 24.0. The number of fused-ring (bicyclic) bond motifs is 4. The molecule has 0 radical (unpaired) electrons. The van der Waals surface area contributed by atoms with E-state index < -0.39 is 69.4 Å². The highest BCUT2D eigenvalue weighted by molar-refractivity contribution is 6.30. The topological polar surface area (TPSA) is 150 Å². The standard InChI is InChI=1S/C38H28ClFN4O7/c39-21-7-5-20(6-8-21)38-30(35(47)43(37(38)49)41-23-11-9-22(40)10-12-23)19-29-26(33(38)27-3-1-2-4-31(27)45)17-18-28-32(29)36(48)42(34(28)46)24-13-15-25(16-14-24)44(50)51/h1-17,28-30,32-33,41,45H,18-19H2/t28-,29+,30-,32-,33+,38+/m0/s1.